The highest BCUT2D eigenvalue weighted by atomic mass is 32.2. The van der Waals surface area contributed by atoms with Crippen LogP contribution >= 0.6 is 0 Å². The van der Waals surface area contributed by atoms with Gasteiger partial charge >= 0.3 is 5.97 Å². The number of halogens is 1. The first kappa shape index (κ1) is 27.1. The number of Topliss-reactive ketones (excluding diaryl/α,β-unsaturated/α-hetero) is 1. The number of ketones is 2. The topological polar surface area (TPSA) is 124 Å². The highest BCUT2D eigenvalue weighted by Gasteiger charge is 2.77. The van der Waals surface area contributed by atoms with Crippen molar-refractivity contribution in [1.82, 2.24) is 0 Å². The quantitative estimate of drug-likeness (QED) is 0.414. The Kier molecular flexibility index (Phi) is 6.45. The predicted molar refractivity (Wildman–Crippen MR) is 128 cm³/mol. The number of rotatable bonds is 6. The summed E-state index contributed by atoms with van der Waals surface area (Å²) in [5.41, 5.74) is -5.60. The molecule has 0 heterocycles. The van der Waals surface area contributed by atoms with E-state index in [0.717, 1.165) is 6.26 Å². The number of ether oxygens (including phenoxy) is 1. The lowest BCUT2D eigenvalue weighted by atomic mass is 9.44. The second-order valence-electron chi connectivity index (χ2n) is 11.4. The molecule has 0 aromatic carbocycles. The van der Waals surface area contributed by atoms with Crippen molar-refractivity contribution in [2.45, 2.75) is 77.2 Å². The number of aliphatic hydroxyl groups is 1. The van der Waals surface area contributed by atoms with Crippen LogP contribution in [0, 0.1) is 28.6 Å². The van der Waals surface area contributed by atoms with Gasteiger partial charge in [-0.15, -0.1) is 0 Å². The summed E-state index contributed by atoms with van der Waals surface area (Å²) in [6.45, 7) is 5.94. The van der Waals surface area contributed by atoms with Gasteiger partial charge in [0.15, 0.2) is 17.1 Å². The van der Waals surface area contributed by atoms with E-state index in [1.807, 2.05) is 0 Å². The molecule has 0 spiro atoms. The third kappa shape index (κ3) is 3.58. The number of carbonyl (C=O) groups is 3. The van der Waals surface area contributed by atoms with Crippen LogP contribution in [-0.4, -0.2) is 61.3 Å². The average molecular weight is 527 g/mol. The van der Waals surface area contributed by atoms with Gasteiger partial charge in [-0.2, -0.15) is 8.42 Å². The van der Waals surface area contributed by atoms with E-state index in [2.05, 4.69) is 0 Å². The summed E-state index contributed by atoms with van der Waals surface area (Å²) in [7, 11) is -3.95. The van der Waals surface area contributed by atoms with Gasteiger partial charge in [0.1, 0.15) is 6.61 Å². The van der Waals surface area contributed by atoms with Gasteiger partial charge in [0.25, 0.3) is 10.1 Å². The smallest absolute Gasteiger partial charge is 0.306 e. The summed E-state index contributed by atoms with van der Waals surface area (Å²) in [6, 6.07) is 0. The van der Waals surface area contributed by atoms with Gasteiger partial charge in [0.05, 0.1) is 12.4 Å². The fourth-order valence-electron chi connectivity index (χ4n) is 7.92. The summed E-state index contributed by atoms with van der Waals surface area (Å²) in [4.78, 5) is 38.3. The molecule has 4 aliphatic carbocycles. The van der Waals surface area contributed by atoms with Crippen molar-refractivity contribution in [2.24, 2.45) is 28.6 Å². The fraction of sp³-hybridized carbons (Fsp3) is 0.731. The van der Waals surface area contributed by atoms with Crippen LogP contribution in [0.3, 0.4) is 0 Å². The van der Waals surface area contributed by atoms with Crippen LogP contribution < -0.4 is 0 Å². The normalized spacial score (nSPS) is 43.8. The van der Waals surface area contributed by atoms with E-state index in [4.69, 9.17) is 8.92 Å². The molecule has 4 rings (SSSR count). The molecule has 0 radical (unpaired) electrons. The van der Waals surface area contributed by atoms with Crippen molar-refractivity contribution >= 4 is 27.7 Å². The van der Waals surface area contributed by atoms with Gasteiger partial charge in [0.2, 0.25) is 5.78 Å². The number of carbonyl (C=O) groups excluding carboxylic acids is 3. The average Bonchev–Trinajstić information content (AvgIpc) is 3.00. The molecule has 36 heavy (non-hydrogen) atoms. The van der Waals surface area contributed by atoms with Crippen molar-refractivity contribution in [1.29, 1.82) is 0 Å². The van der Waals surface area contributed by atoms with E-state index in [1.165, 1.54) is 12.2 Å². The van der Waals surface area contributed by atoms with Crippen molar-refractivity contribution in [2.75, 3.05) is 12.9 Å². The first-order valence-electron chi connectivity index (χ1n) is 12.5. The number of hydrogen-bond donors (Lipinski definition) is 1. The van der Waals surface area contributed by atoms with E-state index < -0.39 is 74.4 Å². The molecule has 8 atom stereocenters. The molecular weight excluding hydrogens is 491 g/mol. The van der Waals surface area contributed by atoms with Crippen LogP contribution in [0.5, 0.6) is 0 Å². The highest BCUT2D eigenvalue weighted by molar-refractivity contribution is 7.86. The molecule has 0 aliphatic heterocycles. The maximum absolute atomic E-state index is 17.3. The molecule has 0 saturated heterocycles. The minimum absolute atomic E-state index is 0.0144. The number of allylic oxidation sites excluding steroid dienone is 4. The molecule has 0 aromatic rings. The number of hydrogen-bond acceptors (Lipinski definition) is 8. The van der Waals surface area contributed by atoms with Crippen molar-refractivity contribution < 1.29 is 41.2 Å². The Labute approximate surface area is 211 Å². The van der Waals surface area contributed by atoms with Crippen LogP contribution in [0.1, 0.15) is 59.8 Å². The van der Waals surface area contributed by atoms with Crippen LogP contribution in [0.4, 0.5) is 4.39 Å². The zero-order valence-electron chi connectivity index (χ0n) is 21.4. The van der Waals surface area contributed by atoms with Gasteiger partial charge in [-0.3, -0.25) is 18.6 Å². The Balaban J connectivity index is 1.82. The summed E-state index contributed by atoms with van der Waals surface area (Å²) in [6.07, 6.45) is 4.61. The molecule has 1 N–H and O–H groups in total. The lowest BCUT2D eigenvalue weighted by Gasteiger charge is -2.62. The molecular formula is C26H35FO8S. The van der Waals surface area contributed by atoms with Crippen LogP contribution in [-0.2, 0) is 33.4 Å². The van der Waals surface area contributed by atoms with E-state index in [9.17, 15) is 27.9 Å². The number of aliphatic hydroxyl groups excluding tert-OH is 1. The molecule has 10 heteroatoms. The first-order valence-corrected chi connectivity index (χ1v) is 14.3. The molecule has 0 bridgehead atoms. The van der Waals surface area contributed by atoms with Crippen molar-refractivity contribution in [3.63, 3.8) is 0 Å². The Morgan fingerprint density at radius 3 is 2.53 bits per heavy atom. The molecule has 0 aromatic heterocycles. The maximum atomic E-state index is 17.3. The number of esters is 1. The van der Waals surface area contributed by atoms with Gasteiger partial charge in [-0.25, -0.2) is 4.39 Å². The minimum atomic E-state index is -3.95. The standard InChI is InChI=1S/C26H35FO8S/c1-6-22(31)35-26(21(30)14-34-36(5,32)33)15(2)11-19-18-8-7-16-12-17(28)9-10-23(16,3)25(18,27)20(29)13-24(19,26)4/h9-10,12,15,18-20,29H,6-8,11,13-14H2,1-5H3. The third-order valence-corrected chi connectivity index (χ3v) is 10.1. The Morgan fingerprint density at radius 1 is 1.25 bits per heavy atom. The molecule has 3 fully saturated rings. The summed E-state index contributed by atoms with van der Waals surface area (Å²) >= 11 is 0. The molecule has 8 unspecified atom stereocenters. The zero-order valence-corrected chi connectivity index (χ0v) is 22.2. The van der Waals surface area contributed by atoms with Crippen LogP contribution in [0.25, 0.3) is 0 Å². The third-order valence-electron chi connectivity index (χ3n) is 9.56. The Hall–Kier alpha value is -1.91. The van der Waals surface area contributed by atoms with Crippen molar-refractivity contribution in [3.8, 4) is 0 Å². The molecule has 4 aliphatic rings. The second kappa shape index (κ2) is 8.56. The van der Waals surface area contributed by atoms with E-state index in [0.29, 0.717) is 24.8 Å². The molecule has 200 valence electrons. The number of alkyl halides is 1. The van der Waals surface area contributed by atoms with Crippen LogP contribution in [0.15, 0.2) is 23.8 Å². The van der Waals surface area contributed by atoms with E-state index in [1.54, 1.807) is 33.8 Å². The van der Waals surface area contributed by atoms with E-state index >= 15 is 4.39 Å². The first-order chi connectivity index (χ1) is 16.6. The molecule has 0 amide bonds. The van der Waals surface area contributed by atoms with Gasteiger partial charge in [-0.05, 0) is 50.7 Å². The zero-order chi connectivity index (χ0) is 26.9. The summed E-state index contributed by atoms with van der Waals surface area (Å²) < 4.78 is 51.3. The maximum Gasteiger partial charge on any atom is 0.306 e. The highest BCUT2D eigenvalue weighted by Crippen LogP contribution is 2.71. The molecule has 8 nitrogen and oxygen atoms in total. The fourth-order valence-corrected chi connectivity index (χ4v) is 8.24. The lowest BCUT2D eigenvalue weighted by Crippen LogP contribution is -2.70. The largest absolute Gasteiger partial charge is 0.450 e. The van der Waals surface area contributed by atoms with Gasteiger partial charge in [0, 0.05) is 29.1 Å². The van der Waals surface area contributed by atoms with Crippen LogP contribution in [0.2, 0.25) is 0 Å². The SMILES string of the molecule is CCC(=O)OC1(C(=O)COS(C)(=O)=O)C(C)CC2C3CCC4=CC(=O)C=CC4(C)C3(F)C(O)CC21C. The summed E-state index contributed by atoms with van der Waals surface area (Å²) in [5, 5.41) is 11.5. The monoisotopic (exact) mass is 526 g/mol. The predicted octanol–water partition coefficient (Wildman–Crippen LogP) is 2.84. The number of fused-ring (bicyclic) bond motifs is 5. The minimum Gasteiger partial charge on any atom is -0.450 e. The van der Waals surface area contributed by atoms with Gasteiger partial charge < -0.3 is 9.84 Å². The molecule has 3 saturated carbocycles. The van der Waals surface area contributed by atoms with Crippen molar-refractivity contribution in [3.05, 3.63) is 23.8 Å². The van der Waals surface area contributed by atoms with E-state index in [-0.39, 0.29) is 18.6 Å². The second-order valence-corrected chi connectivity index (χ2v) is 13.0. The Morgan fingerprint density at radius 2 is 1.92 bits per heavy atom. The summed E-state index contributed by atoms with van der Waals surface area (Å²) in [5.74, 6) is -3.26. The van der Waals surface area contributed by atoms with Gasteiger partial charge in [-0.1, -0.05) is 32.4 Å². The Bertz CT molecular complexity index is 1160. The lowest BCUT2D eigenvalue weighted by molar-refractivity contribution is -0.228.